The van der Waals surface area contributed by atoms with Crippen molar-refractivity contribution in [3.8, 4) is 5.75 Å². The van der Waals surface area contributed by atoms with Crippen molar-refractivity contribution in [3.63, 3.8) is 0 Å². The van der Waals surface area contributed by atoms with Crippen LogP contribution in [0.1, 0.15) is 6.92 Å². The summed E-state index contributed by atoms with van der Waals surface area (Å²) in [4.78, 5) is 11.7. The minimum atomic E-state index is -2.91. The lowest BCUT2D eigenvalue weighted by atomic mass is 10.2. The van der Waals surface area contributed by atoms with Crippen LogP contribution in [-0.2, 0) is 9.53 Å². The molecule has 0 spiro atoms. The number of nitrogens with one attached hydrogen (secondary N) is 2. The lowest BCUT2D eigenvalue weighted by Gasteiger charge is -2.17. The molecule has 1 unspecified atom stereocenters. The molecule has 0 saturated carbocycles. The Bertz CT molecular complexity index is 430. The Hall–Kier alpha value is -1.89. The number of para-hydroxylation sites is 2. The first kappa shape index (κ1) is 16.2. The standard InChI is InChI=1S/C13H18F2N2O3/c1-9(12(18)16-7-8-19-2)17-10-5-3-4-6-11(10)20-13(14)15/h3-6,9,13,17H,7-8H2,1-2H3,(H,16,18). The first-order valence-corrected chi connectivity index (χ1v) is 6.11. The highest BCUT2D eigenvalue weighted by Gasteiger charge is 2.15. The van der Waals surface area contributed by atoms with Gasteiger partial charge >= 0.3 is 6.61 Å². The lowest BCUT2D eigenvalue weighted by molar-refractivity contribution is -0.121. The van der Waals surface area contributed by atoms with Gasteiger partial charge in [-0.05, 0) is 19.1 Å². The molecule has 0 bridgehead atoms. The van der Waals surface area contributed by atoms with Crippen molar-refractivity contribution in [2.24, 2.45) is 0 Å². The number of benzene rings is 1. The van der Waals surface area contributed by atoms with Crippen LogP contribution < -0.4 is 15.4 Å². The summed E-state index contributed by atoms with van der Waals surface area (Å²) in [5, 5.41) is 5.48. The zero-order valence-electron chi connectivity index (χ0n) is 11.4. The molecule has 7 heteroatoms. The van der Waals surface area contributed by atoms with Gasteiger partial charge in [-0.3, -0.25) is 4.79 Å². The van der Waals surface area contributed by atoms with Crippen molar-refractivity contribution in [1.82, 2.24) is 5.32 Å². The fraction of sp³-hybridized carbons (Fsp3) is 0.462. The van der Waals surface area contributed by atoms with Crippen LogP contribution >= 0.6 is 0 Å². The van der Waals surface area contributed by atoms with Crippen LogP contribution in [-0.4, -0.2) is 38.8 Å². The number of hydrogen-bond acceptors (Lipinski definition) is 4. The molecule has 2 N–H and O–H groups in total. The van der Waals surface area contributed by atoms with E-state index in [9.17, 15) is 13.6 Å². The Labute approximate surface area is 116 Å². The largest absolute Gasteiger partial charge is 0.433 e. The Morgan fingerprint density at radius 3 is 2.70 bits per heavy atom. The SMILES string of the molecule is COCCNC(=O)C(C)Nc1ccccc1OC(F)F. The minimum absolute atomic E-state index is 0.000887. The number of hydrogen-bond donors (Lipinski definition) is 2. The average molecular weight is 288 g/mol. The number of methoxy groups -OCH3 is 1. The van der Waals surface area contributed by atoms with E-state index in [2.05, 4.69) is 15.4 Å². The quantitative estimate of drug-likeness (QED) is 0.717. The molecular formula is C13H18F2N2O3. The highest BCUT2D eigenvalue weighted by molar-refractivity contribution is 5.84. The smallest absolute Gasteiger partial charge is 0.387 e. The van der Waals surface area contributed by atoms with E-state index in [1.54, 1.807) is 25.1 Å². The van der Waals surface area contributed by atoms with Crippen LogP contribution in [0.2, 0.25) is 0 Å². The number of carbonyl (C=O) groups is 1. The number of carbonyl (C=O) groups excluding carboxylic acids is 1. The van der Waals surface area contributed by atoms with Gasteiger partial charge in [-0.1, -0.05) is 12.1 Å². The van der Waals surface area contributed by atoms with E-state index >= 15 is 0 Å². The third-order valence-electron chi connectivity index (χ3n) is 2.47. The number of halogens is 2. The molecule has 0 aromatic heterocycles. The molecule has 0 heterocycles. The summed E-state index contributed by atoms with van der Waals surface area (Å²) in [6, 6.07) is 5.62. The van der Waals surface area contributed by atoms with Gasteiger partial charge in [0.05, 0.1) is 12.3 Å². The maximum atomic E-state index is 12.3. The molecule has 0 fully saturated rings. The van der Waals surface area contributed by atoms with E-state index < -0.39 is 12.7 Å². The summed E-state index contributed by atoms with van der Waals surface area (Å²) in [5.41, 5.74) is 0.335. The monoisotopic (exact) mass is 288 g/mol. The van der Waals surface area contributed by atoms with E-state index in [1.165, 1.54) is 13.2 Å². The van der Waals surface area contributed by atoms with Crippen LogP contribution in [0.4, 0.5) is 14.5 Å². The first-order chi connectivity index (χ1) is 9.54. The van der Waals surface area contributed by atoms with Crippen molar-refractivity contribution < 1.29 is 23.0 Å². The Morgan fingerprint density at radius 2 is 2.05 bits per heavy atom. The van der Waals surface area contributed by atoms with E-state index in [1.807, 2.05) is 0 Å². The molecule has 0 aliphatic carbocycles. The highest BCUT2D eigenvalue weighted by atomic mass is 19.3. The molecule has 5 nitrogen and oxygen atoms in total. The summed E-state index contributed by atoms with van der Waals surface area (Å²) >= 11 is 0. The van der Waals surface area contributed by atoms with Crippen LogP contribution in [0, 0.1) is 0 Å². The second-order valence-electron chi connectivity index (χ2n) is 4.02. The summed E-state index contributed by atoms with van der Waals surface area (Å²) in [7, 11) is 1.53. The zero-order valence-corrected chi connectivity index (χ0v) is 11.4. The van der Waals surface area contributed by atoms with Crippen molar-refractivity contribution in [3.05, 3.63) is 24.3 Å². The maximum absolute atomic E-state index is 12.3. The second kappa shape index (κ2) is 8.31. The van der Waals surface area contributed by atoms with Gasteiger partial charge in [0, 0.05) is 13.7 Å². The summed E-state index contributed by atoms with van der Waals surface area (Å²) in [6.45, 7) is -0.495. The molecule has 0 aliphatic rings. The molecule has 20 heavy (non-hydrogen) atoms. The predicted molar refractivity (Wildman–Crippen MR) is 71.0 cm³/mol. The second-order valence-corrected chi connectivity index (χ2v) is 4.02. The zero-order chi connectivity index (χ0) is 15.0. The summed E-state index contributed by atoms with van der Waals surface area (Å²) in [6.07, 6.45) is 0. The van der Waals surface area contributed by atoms with E-state index in [4.69, 9.17) is 4.74 Å². The average Bonchev–Trinajstić information content (AvgIpc) is 2.40. The predicted octanol–water partition coefficient (Wildman–Crippen LogP) is 1.85. The van der Waals surface area contributed by atoms with Gasteiger partial charge in [-0.15, -0.1) is 0 Å². The minimum Gasteiger partial charge on any atom is -0.433 e. The molecular weight excluding hydrogens is 270 g/mol. The highest BCUT2D eigenvalue weighted by Crippen LogP contribution is 2.25. The van der Waals surface area contributed by atoms with Crippen LogP contribution in [0.15, 0.2) is 24.3 Å². The van der Waals surface area contributed by atoms with Gasteiger partial charge in [0.25, 0.3) is 0 Å². The third-order valence-corrected chi connectivity index (χ3v) is 2.47. The first-order valence-electron chi connectivity index (χ1n) is 6.11. The fourth-order valence-electron chi connectivity index (χ4n) is 1.51. The van der Waals surface area contributed by atoms with Gasteiger partial charge in [0.1, 0.15) is 11.8 Å². The number of amides is 1. The fourth-order valence-corrected chi connectivity index (χ4v) is 1.51. The normalized spacial score (nSPS) is 12.1. The molecule has 1 aromatic carbocycles. The van der Waals surface area contributed by atoms with Gasteiger partial charge in [0.15, 0.2) is 0 Å². The van der Waals surface area contributed by atoms with Crippen molar-refractivity contribution in [2.75, 3.05) is 25.6 Å². The molecule has 1 aromatic rings. The third kappa shape index (κ3) is 5.40. The maximum Gasteiger partial charge on any atom is 0.387 e. The molecule has 0 radical (unpaired) electrons. The number of alkyl halides is 2. The molecule has 112 valence electrons. The van der Waals surface area contributed by atoms with Crippen molar-refractivity contribution in [2.45, 2.75) is 19.6 Å². The number of rotatable bonds is 8. The van der Waals surface area contributed by atoms with Gasteiger partial charge in [-0.2, -0.15) is 8.78 Å². The Kier molecular flexibility index (Phi) is 6.72. The summed E-state index contributed by atoms with van der Waals surface area (Å²) in [5.74, 6) is -0.257. The van der Waals surface area contributed by atoms with Crippen molar-refractivity contribution >= 4 is 11.6 Å². The topological polar surface area (TPSA) is 59.6 Å². The van der Waals surface area contributed by atoms with Gasteiger partial charge < -0.3 is 20.1 Å². The molecule has 1 rings (SSSR count). The van der Waals surface area contributed by atoms with Gasteiger partial charge in [0.2, 0.25) is 5.91 Å². The van der Waals surface area contributed by atoms with Crippen molar-refractivity contribution in [1.29, 1.82) is 0 Å². The molecule has 1 atom stereocenters. The number of ether oxygens (including phenoxy) is 2. The number of anilines is 1. The molecule has 0 saturated heterocycles. The Morgan fingerprint density at radius 1 is 1.35 bits per heavy atom. The lowest BCUT2D eigenvalue weighted by Crippen LogP contribution is -2.39. The molecule has 0 aliphatic heterocycles. The van der Waals surface area contributed by atoms with E-state index in [-0.39, 0.29) is 11.7 Å². The van der Waals surface area contributed by atoms with Gasteiger partial charge in [-0.25, -0.2) is 0 Å². The van der Waals surface area contributed by atoms with Crippen LogP contribution in [0.3, 0.4) is 0 Å². The van der Waals surface area contributed by atoms with E-state index in [0.717, 1.165) is 0 Å². The summed E-state index contributed by atoms with van der Waals surface area (Å²) < 4.78 is 33.7. The molecule has 1 amide bonds. The van der Waals surface area contributed by atoms with Crippen LogP contribution in [0.5, 0.6) is 5.75 Å². The van der Waals surface area contributed by atoms with Crippen LogP contribution in [0.25, 0.3) is 0 Å². The van der Waals surface area contributed by atoms with E-state index in [0.29, 0.717) is 18.8 Å². The Balaban J connectivity index is 2.60.